The Hall–Kier alpha value is -4.54. The minimum Gasteiger partial charge on any atom is -0.350 e. The number of nitrogens with one attached hydrogen (secondary N) is 1. The lowest BCUT2D eigenvalue weighted by Crippen LogP contribution is -2.29. The van der Waals surface area contributed by atoms with Gasteiger partial charge in [-0.2, -0.15) is 4.98 Å². The van der Waals surface area contributed by atoms with E-state index in [9.17, 15) is 18.8 Å². The first-order valence-electron chi connectivity index (χ1n) is 13.9. The van der Waals surface area contributed by atoms with Crippen LogP contribution in [0.25, 0.3) is 11.1 Å². The number of hydrogen-bond donors (Lipinski definition) is 1. The predicted octanol–water partition coefficient (Wildman–Crippen LogP) is 5.48. The van der Waals surface area contributed by atoms with Crippen molar-refractivity contribution in [1.29, 1.82) is 0 Å². The van der Waals surface area contributed by atoms with Gasteiger partial charge in [0.1, 0.15) is 12.4 Å². The summed E-state index contributed by atoms with van der Waals surface area (Å²) in [5, 5.41) is 3.98. The molecule has 0 radical (unpaired) electrons. The van der Waals surface area contributed by atoms with E-state index in [0.29, 0.717) is 40.1 Å². The normalized spacial score (nSPS) is 11.0. The summed E-state index contributed by atoms with van der Waals surface area (Å²) >= 11 is 7.28. The zero-order valence-electron chi connectivity index (χ0n) is 23.9. The van der Waals surface area contributed by atoms with Crippen molar-refractivity contribution in [3.63, 3.8) is 0 Å². The van der Waals surface area contributed by atoms with Gasteiger partial charge in [-0.3, -0.25) is 14.2 Å². The van der Waals surface area contributed by atoms with Gasteiger partial charge in [-0.25, -0.2) is 14.2 Å². The molecule has 5 aromatic rings. The number of nitrogens with zero attached hydrogens (tertiary/aromatic N) is 4. The van der Waals surface area contributed by atoms with Crippen molar-refractivity contribution >= 4 is 29.3 Å². The second-order valence-electron chi connectivity index (χ2n) is 10.1. The maximum absolute atomic E-state index is 13.4. The van der Waals surface area contributed by atoms with Gasteiger partial charge < -0.3 is 9.88 Å². The van der Waals surface area contributed by atoms with Gasteiger partial charge >= 0.3 is 5.69 Å². The minimum atomic E-state index is -0.432. The Morgan fingerprint density at radius 3 is 2.23 bits per heavy atom. The van der Waals surface area contributed by atoms with E-state index in [4.69, 9.17) is 11.6 Å². The van der Waals surface area contributed by atoms with Crippen molar-refractivity contribution in [3.8, 4) is 11.1 Å². The molecular formula is C33H29ClFN5O3S. The van der Waals surface area contributed by atoms with Gasteiger partial charge in [-0.15, -0.1) is 0 Å². The molecule has 0 spiro atoms. The standard InChI is InChI=1S/C33H29ClFN5O3S/c1-2-39-18-24(17-37-32(39)43)15-27-19-40(33(38-31(27)42)44-21-23-5-13-29(35)14-6-23)20-30(41)36-16-22-3-7-25(8-4-22)26-9-11-28(34)12-10-26/h3-14,17-19H,2,15-16,20-21H2,1H3,(H,36,41). The quantitative estimate of drug-likeness (QED) is 0.154. The number of amides is 1. The third kappa shape index (κ3) is 8.09. The van der Waals surface area contributed by atoms with Gasteiger partial charge in [0, 0.05) is 54.4 Å². The van der Waals surface area contributed by atoms with Gasteiger partial charge in [-0.1, -0.05) is 71.9 Å². The van der Waals surface area contributed by atoms with Crippen LogP contribution in [-0.4, -0.2) is 25.0 Å². The molecule has 3 aromatic carbocycles. The van der Waals surface area contributed by atoms with Crippen LogP contribution in [0.5, 0.6) is 0 Å². The Kier molecular flexibility index (Phi) is 10.0. The molecule has 2 heterocycles. The van der Waals surface area contributed by atoms with Gasteiger partial charge in [-0.05, 0) is 59.0 Å². The van der Waals surface area contributed by atoms with Crippen molar-refractivity contribution < 1.29 is 9.18 Å². The molecule has 0 aliphatic carbocycles. The highest BCUT2D eigenvalue weighted by molar-refractivity contribution is 7.98. The second kappa shape index (κ2) is 14.3. The van der Waals surface area contributed by atoms with E-state index in [2.05, 4.69) is 15.3 Å². The summed E-state index contributed by atoms with van der Waals surface area (Å²) in [6.07, 6.45) is 4.94. The van der Waals surface area contributed by atoms with Crippen LogP contribution in [0.15, 0.2) is 106 Å². The molecule has 0 unspecified atom stereocenters. The summed E-state index contributed by atoms with van der Waals surface area (Å²) in [6, 6.07) is 21.6. The van der Waals surface area contributed by atoms with Crippen LogP contribution >= 0.6 is 23.4 Å². The summed E-state index contributed by atoms with van der Waals surface area (Å²) in [4.78, 5) is 46.2. The first kappa shape index (κ1) is 30.9. The molecule has 0 fully saturated rings. The van der Waals surface area contributed by atoms with E-state index in [1.54, 1.807) is 29.1 Å². The van der Waals surface area contributed by atoms with Crippen molar-refractivity contribution in [3.05, 3.63) is 145 Å². The van der Waals surface area contributed by atoms with Gasteiger partial charge in [0.2, 0.25) is 5.91 Å². The average molecular weight is 630 g/mol. The zero-order valence-corrected chi connectivity index (χ0v) is 25.4. The lowest BCUT2D eigenvalue weighted by atomic mass is 10.0. The molecule has 1 amide bonds. The maximum Gasteiger partial charge on any atom is 0.347 e. The number of hydrogen-bond acceptors (Lipinski definition) is 6. The third-order valence-electron chi connectivity index (χ3n) is 6.89. The van der Waals surface area contributed by atoms with E-state index < -0.39 is 5.56 Å². The number of carbonyl (C=O) groups is 1. The van der Waals surface area contributed by atoms with Crippen molar-refractivity contribution in [1.82, 2.24) is 24.4 Å². The van der Waals surface area contributed by atoms with Crippen LogP contribution in [0.4, 0.5) is 4.39 Å². The largest absolute Gasteiger partial charge is 0.350 e. The Balaban J connectivity index is 1.32. The molecule has 2 aromatic heterocycles. The van der Waals surface area contributed by atoms with Crippen molar-refractivity contribution in [2.24, 2.45) is 0 Å². The van der Waals surface area contributed by atoms with Crippen LogP contribution in [-0.2, 0) is 36.6 Å². The van der Waals surface area contributed by atoms with Gasteiger partial charge in [0.05, 0.1) is 0 Å². The lowest BCUT2D eigenvalue weighted by Gasteiger charge is -2.14. The lowest BCUT2D eigenvalue weighted by molar-refractivity contribution is -0.122. The summed E-state index contributed by atoms with van der Waals surface area (Å²) in [7, 11) is 0. The Morgan fingerprint density at radius 1 is 0.886 bits per heavy atom. The Labute approximate surface area is 262 Å². The average Bonchev–Trinajstić information content (AvgIpc) is 3.03. The number of halogens is 2. The maximum atomic E-state index is 13.4. The fourth-order valence-corrected chi connectivity index (χ4v) is 5.55. The fraction of sp³-hybridized carbons (Fsp3) is 0.182. The summed E-state index contributed by atoms with van der Waals surface area (Å²) in [5.74, 6) is -0.162. The monoisotopic (exact) mass is 629 g/mol. The van der Waals surface area contributed by atoms with Crippen LogP contribution in [0.3, 0.4) is 0 Å². The van der Waals surface area contributed by atoms with E-state index >= 15 is 0 Å². The predicted molar refractivity (Wildman–Crippen MR) is 170 cm³/mol. The molecule has 8 nitrogen and oxygen atoms in total. The van der Waals surface area contributed by atoms with E-state index in [0.717, 1.165) is 22.3 Å². The molecule has 224 valence electrons. The van der Waals surface area contributed by atoms with E-state index in [1.807, 2.05) is 55.5 Å². The molecule has 0 aliphatic heterocycles. The number of aryl methyl sites for hydroxylation is 1. The second-order valence-corrected chi connectivity index (χ2v) is 11.5. The topological polar surface area (TPSA) is 98.9 Å². The summed E-state index contributed by atoms with van der Waals surface area (Å²) in [5.41, 5.74) is 4.10. The molecule has 0 bridgehead atoms. The molecule has 0 saturated carbocycles. The van der Waals surface area contributed by atoms with Gasteiger partial charge in [0.15, 0.2) is 5.16 Å². The van der Waals surface area contributed by atoms with Gasteiger partial charge in [0.25, 0.3) is 5.56 Å². The molecule has 0 aliphatic rings. The molecule has 1 N–H and O–H groups in total. The molecule has 5 rings (SSSR count). The molecule has 44 heavy (non-hydrogen) atoms. The molecule has 11 heteroatoms. The fourth-order valence-electron chi connectivity index (χ4n) is 4.51. The van der Waals surface area contributed by atoms with Crippen LogP contribution < -0.4 is 16.6 Å². The Morgan fingerprint density at radius 2 is 1.55 bits per heavy atom. The minimum absolute atomic E-state index is 0.0679. The van der Waals surface area contributed by atoms with Crippen LogP contribution in [0, 0.1) is 5.82 Å². The zero-order chi connectivity index (χ0) is 31.1. The third-order valence-corrected chi connectivity index (χ3v) is 8.20. The summed E-state index contributed by atoms with van der Waals surface area (Å²) < 4.78 is 16.5. The number of rotatable bonds is 11. The number of aromatic nitrogens is 4. The van der Waals surface area contributed by atoms with E-state index in [-0.39, 0.29) is 30.4 Å². The van der Waals surface area contributed by atoms with Crippen LogP contribution in [0.1, 0.15) is 29.2 Å². The van der Waals surface area contributed by atoms with E-state index in [1.165, 1.54) is 34.7 Å². The SMILES string of the molecule is CCn1cc(Cc2cn(CC(=O)NCc3ccc(-c4ccc(Cl)cc4)cc3)c(SCc3ccc(F)cc3)nc2=O)cnc1=O. The molecule has 0 saturated heterocycles. The highest BCUT2D eigenvalue weighted by Crippen LogP contribution is 2.23. The molecule has 0 atom stereocenters. The molecular weight excluding hydrogens is 601 g/mol. The van der Waals surface area contributed by atoms with Crippen molar-refractivity contribution in [2.75, 3.05) is 0 Å². The number of benzene rings is 3. The first-order valence-corrected chi connectivity index (χ1v) is 15.3. The summed E-state index contributed by atoms with van der Waals surface area (Å²) in [6.45, 7) is 2.54. The number of thioether (sulfide) groups is 1. The Bertz CT molecular complexity index is 1880. The van der Waals surface area contributed by atoms with Crippen LogP contribution in [0.2, 0.25) is 5.02 Å². The highest BCUT2D eigenvalue weighted by atomic mass is 35.5. The highest BCUT2D eigenvalue weighted by Gasteiger charge is 2.14. The first-order chi connectivity index (χ1) is 21.3. The number of carbonyl (C=O) groups excluding carboxylic acids is 1. The smallest absolute Gasteiger partial charge is 0.347 e. The van der Waals surface area contributed by atoms with Crippen molar-refractivity contribution in [2.45, 2.75) is 43.9 Å².